The largest absolute Gasteiger partial charge is 0.507 e. The monoisotopic (exact) mass is 287 g/mol. The van der Waals surface area contributed by atoms with Gasteiger partial charge in [0.2, 0.25) is 11.6 Å². The summed E-state index contributed by atoms with van der Waals surface area (Å²) in [6.45, 7) is 6.15. The summed E-state index contributed by atoms with van der Waals surface area (Å²) in [7, 11) is 0. The van der Waals surface area contributed by atoms with E-state index < -0.39 is 11.6 Å². The Morgan fingerprint density at radius 3 is 2.10 bits per heavy atom. The Morgan fingerprint density at radius 2 is 1.52 bits per heavy atom. The van der Waals surface area contributed by atoms with E-state index in [1.807, 2.05) is 0 Å². The predicted molar refractivity (Wildman–Crippen MR) is 82.4 cm³/mol. The lowest BCUT2D eigenvalue weighted by Crippen LogP contribution is -2.34. The summed E-state index contributed by atoms with van der Waals surface area (Å²) in [4.78, 5) is 26.5. The maximum atomic E-state index is 12.2. The van der Waals surface area contributed by atoms with Gasteiger partial charge in [-0.3, -0.25) is 14.5 Å². The van der Waals surface area contributed by atoms with Gasteiger partial charge < -0.3 is 5.11 Å². The second-order valence-corrected chi connectivity index (χ2v) is 5.31. The van der Waals surface area contributed by atoms with E-state index in [4.69, 9.17) is 0 Å². The molecule has 21 heavy (non-hydrogen) atoms. The average molecular weight is 287 g/mol. The first-order valence-electron chi connectivity index (χ1n) is 7.43. The molecule has 0 fully saturated rings. The van der Waals surface area contributed by atoms with Gasteiger partial charge in [0.05, 0.1) is 5.57 Å². The molecule has 0 unspecified atom stereocenters. The van der Waals surface area contributed by atoms with Crippen LogP contribution in [-0.2, 0) is 4.79 Å². The molecule has 4 nitrogen and oxygen atoms in total. The van der Waals surface area contributed by atoms with E-state index in [9.17, 15) is 14.7 Å². The van der Waals surface area contributed by atoms with Crippen molar-refractivity contribution in [1.29, 1.82) is 0 Å². The van der Waals surface area contributed by atoms with Crippen LogP contribution < -0.4 is 0 Å². The van der Waals surface area contributed by atoms with Crippen LogP contribution in [0.1, 0.15) is 42.6 Å². The van der Waals surface area contributed by atoms with Gasteiger partial charge in [-0.15, -0.1) is 0 Å². The molecule has 1 aliphatic carbocycles. The second-order valence-electron chi connectivity index (χ2n) is 5.31. The number of benzene rings is 1. The Labute approximate surface area is 125 Å². The minimum absolute atomic E-state index is 0.0487. The molecule has 0 bridgehead atoms. The number of Topliss-reactive ketones (excluding diaryl/α,β-unsaturated/α-hetero) is 2. The highest BCUT2D eigenvalue weighted by Crippen LogP contribution is 2.28. The van der Waals surface area contributed by atoms with Gasteiger partial charge in [-0.2, -0.15) is 0 Å². The maximum absolute atomic E-state index is 12.2. The Morgan fingerprint density at radius 1 is 0.952 bits per heavy atom. The topological polar surface area (TPSA) is 57.6 Å². The third kappa shape index (κ3) is 3.05. The molecule has 0 heterocycles. The summed E-state index contributed by atoms with van der Waals surface area (Å²) in [5.74, 6) is -1.15. The standard InChI is InChI=1S/C17H21NO3/c1-3-9-18(10-4-2)11-14-15(19)12-7-5-6-8-13(12)16(20)17(14)21/h5-8,19H,3-4,9-11H2,1-2H3. The van der Waals surface area contributed by atoms with Crippen LogP contribution in [0.15, 0.2) is 29.8 Å². The zero-order chi connectivity index (χ0) is 15.4. The molecule has 0 amide bonds. The van der Waals surface area contributed by atoms with Crippen molar-refractivity contribution in [1.82, 2.24) is 4.90 Å². The van der Waals surface area contributed by atoms with Crippen molar-refractivity contribution in [2.45, 2.75) is 26.7 Å². The van der Waals surface area contributed by atoms with Crippen LogP contribution in [-0.4, -0.2) is 41.2 Å². The maximum Gasteiger partial charge on any atom is 0.234 e. The van der Waals surface area contributed by atoms with Gasteiger partial charge >= 0.3 is 0 Å². The van der Waals surface area contributed by atoms with Crippen molar-refractivity contribution in [3.63, 3.8) is 0 Å². The molecule has 0 atom stereocenters. The lowest BCUT2D eigenvalue weighted by atomic mass is 9.88. The molecule has 1 aromatic rings. The quantitative estimate of drug-likeness (QED) is 0.817. The van der Waals surface area contributed by atoms with Gasteiger partial charge in [0.15, 0.2) is 0 Å². The Balaban J connectivity index is 2.37. The van der Waals surface area contributed by atoms with Crippen molar-refractivity contribution < 1.29 is 14.7 Å². The van der Waals surface area contributed by atoms with Gasteiger partial charge in [-0.25, -0.2) is 0 Å². The van der Waals surface area contributed by atoms with E-state index in [0.717, 1.165) is 25.9 Å². The van der Waals surface area contributed by atoms with Gasteiger partial charge in [0.1, 0.15) is 5.76 Å². The number of ketones is 2. The predicted octanol–water partition coefficient (Wildman–Crippen LogP) is 2.84. The molecule has 4 heteroatoms. The molecule has 0 aliphatic heterocycles. The van der Waals surface area contributed by atoms with Gasteiger partial charge in [0.25, 0.3) is 0 Å². The van der Waals surface area contributed by atoms with E-state index in [2.05, 4.69) is 18.7 Å². The summed E-state index contributed by atoms with van der Waals surface area (Å²) in [5.41, 5.74) is 0.979. The second kappa shape index (κ2) is 6.68. The van der Waals surface area contributed by atoms with Crippen LogP contribution in [0.4, 0.5) is 0 Å². The summed E-state index contributed by atoms with van der Waals surface area (Å²) in [5, 5.41) is 10.4. The van der Waals surface area contributed by atoms with Gasteiger partial charge in [-0.1, -0.05) is 38.1 Å². The van der Waals surface area contributed by atoms with Crippen LogP contribution in [0, 0.1) is 0 Å². The fourth-order valence-corrected chi connectivity index (χ4v) is 2.69. The van der Waals surface area contributed by atoms with Crippen molar-refractivity contribution in [3.05, 3.63) is 41.0 Å². The highest BCUT2D eigenvalue weighted by molar-refractivity contribution is 6.52. The first-order chi connectivity index (χ1) is 10.1. The summed E-state index contributed by atoms with van der Waals surface area (Å²) in [6, 6.07) is 6.71. The first kappa shape index (κ1) is 15.4. The fourth-order valence-electron chi connectivity index (χ4n) is 2.69. The lowest BCUT2D eigenvalue weighted by Gasteiger charge is -2.25. The highest BCUT2D eigenvalue weighted by atomic mass is 16.3. The summed E-state index contributed by atoms with van der Waals surface area (Å²) >= 11 is 0. The van der Waals surface area contributed by atoms with Crippen LogP contribution in [0.2, 0.25) is 0 Å². The number of hydrogen-bond donors (Lipinski definition) is 1. The van der Waals surface area contributed by atoms with Crippen molar-refractivity contribution in [2.24, 2.45) is 0 Å². The molecule has 0 saturated carbocycles. The molecular formula is C17H21NO3. The van der Waals surface area contributed by atoms with Crippen LogP contribution in [0.3, 0.4) is 0 Å². The van der Waals surface area contributed by atoms with Crippen molar-refractivity contribution in [3.8, 4) is 0 Å². The molecular weight excluding hydrogens is 266 g/mol. The zero-order valence-electron chi connectivity index (χ0n) is 12.6. The third-order valence-electron chi connectivity index (χ3n) is 3.65. The highest BCUT2D eigenvalue weighted by Gasteiger charge is 2.33. The van der Waals surface area contributed by atoms with Crippen LogP contribution >= 0.6 is 0 Å². The third-order valence-corrected chi connectivity index (χ3v) is 3.65. The van der Waals surface area contributed by atoms with Gasteiger partial charge in [-0.05, 0) is 25.9 Å². The van der Waals surface area contributed by atoms with E-state index in [1.54, 1.807) is 24.3 Å². The number of rotatable bonds is 6. The minimum atomic E-state index is -0.580. The van der Waals surface area contributed by atoms with E-state index in [0.29, 0.717) is 17.7 Å². The molecule has 1 N–H and O–H groups in total. The molecule has 2 rings (SSSR count). The van der Waals surface area contributed by atoms with Crippen LogP contribution in [0.25, 0.3) is 5.76 Å². The molecule has 0 radical (unpaired) electrons. The zero-order valence-corrected chi connectivity index (χ0v) is 12.6. The van der Waals surface area contributed by atoms with Gasteiger partial charge in [0, 0.05) is 17.7 Å². The molecule has 1 aromatic carbocycles. The Bertz CT molecular complexity index is 583. The number of aliphatic hydroxyl groups excluding tert-OH is 1. The first-order valence-corrected chi connectivity index (χ1v) is 7.43. The van der Waals surface area contributed by atoms with E-state index in [1.165, 1.54) is 0 Å². The number of nitrogens with zero attached hydrogens (tertiary/aromatic N) is 1. The summed E-state index contributed by atoms with van der Waals surface area (Å²) in [6.07, 6.45) is 1.93. The van der Waals surface area contributed by atoms with E-state index >= 15 is 0 Å². The number of aliphatic hydroxyl groups is 1. The smallest absolute Gasteiger partial charge is 0.234 e. The van der Waals surface area contributed by atoms with Crippen molar-refractivity contribution in [2.75, 3.05) is 19.6 Å². The Kier molecular flexibility index (Phi) is 4.91. The number of carbonyl (C=O) groups excluding carboxylic acids is 2. The number of fused-ring (bicyclic) bond motifs is 1. The molecule has 0 saturated heterocycles. The average Bonchev–Trinajstić information content (AvgIpc) is 2.49. The molecule has 0 spiro atoms. The summed E-state index contributed by atoms with van der Waals surface area (Å²) < 4.78 is 0. The molecule has 0 aromatic heterocycles. The molecule has 1 aliphatic rings. The normalized spacial score (nSPS) is 14.8. The number of hydrogen-bond acceptors (Lipinski definition) is 4. The Hall–Kier alpha value is -1.94. The fraction of sp³-hybridized carbons (Fsp3) is 0.412. The van der Waals surface area contributed by atoms with Crippen molar-refractivity contribution >= 4 is 17.3 Å². The van der Waals surface area contributed by atoms with E-state index in [-0.39, 0.29) is 11.3 Å². The SMILES string of the molecule is CCCN(CCC)CC1=C(O)c2ccccc2C(=O)C1=O. The molecule has 112 valence electrons. The van der Waals surface area contributed by atoms with Crippen LogP contribution in [0.5, 0.6) is 0 Å². The number of carbonyl (C=O) groups is 2. The lowest BCUT2D eigenvalue weighted by molar-refractivity contribution is -0.112. The minimum Gasteiger partial charge on any atom is -0.507 e.